The Labute approximate surface area is 148 Å². The molecule has 1 amide bonds. The Morgan fingerprint density at radius 1 is 1.08 bits per heavy atom. The number of fused-ring (bicyclic) bond motifs is 1. The van der Waals surface area contributed by atoms with Gasteiger partial charge in [-0.25, -0.2) is 13.1 Å². The molecular formula is C19H22N2O3S. The van der Waals surface area contributed by atoms with Crippen LogP contribution in [0.1, 0.15) is 46.4 Å². The van der Waals surface area contributed by atoms with Gasteiger partial charge in [0, 0.05) is 5.56 Å². The second kappa shape index (κ2) is 6.98. The van der Waals surface area contributed by atoms with Gasteiger partial charge in [0.1, 0.15) is 0 Å². The number of aryl methyl sites for hydroxylation is 2. The van der Waals surface area contributed by atoms with Gasteiger partial charge in [-0.1, -0.05) is 24.3 Å². The van der Waals surface area contributed by atoms with E-state index in [1.807, 2.05) is 6.92 Å². The minimum absolute atomic E-state index is 0.0767. The molecule has 132 valence electrons. The summed E-state index contributed by atoms with van der Waals surface area (Å²) in [5.41, 5.74) is 4.14. The van der Waals surface area contributed by atoms with Gasteiger partial charge < -0.3 is 5.32 Å². The third kappa shape index (κ3) is 3.75. The zero-order chi connectivity index (χ0) is 18.0. The Hall–Kier alpha value is -2.18. The van der Waals surface area contributed by atoms with Crippen molar-refractivity contribution in [3.05, 3.63) is 64.7 Å². The second-order valence-corrected chi connectivity index (χ2v) is 8.20. The van der Waals surface area contributed by atoms with Crippen molar-refractivity contribution in [2.24, 2.45) is 0 Å². The fourth-order valence-electron chi connectivity index (χ4n) is 3.15. The summed E-state index contributed by atoms with van der Waals surface area (Å²) in [6.45, 7) is 1.93. The highest BCUT2D eigenvalue weighted by Crippen LogP contribution is 2.25. The molecular weight excluding hydrogens is 336 g/mol. The molecule has 0 aliphatic heterocycles. The van der Waals surface area contributed by atoms with Gasteiger partial charge in [-0.3, -0.25) is 4.79 Å². The van der Waals surface area contributed by atoms with Gasteiger partial charge in [0.25, 0.3) is 5.91 Å². The molecule has 1 aliphatic rings. The maximum absolute atomic E-state index is 12.5. The normalized spacial score (nSPS) is 14.8. The number of hydrogen-bond donors (Lipinski definition) is 2. The predicted octanol–water partition coefficient (Wildman–Crippen LogP) is 2.57. The van der Waals surface area contributed by atoms with Crippen molar-refractivity contribution in [3.8, 4) is 0 Å². The Bertz CT molecular complexity index is 907. The lowest BCUT2D eigenvalue weighted by atomic mass is 10.0. The molecule has 0 fully saturated rings. The molecule has 2 aromatic carbocycles. The van der Waals surface area contributed by atoms with E-state index >= 15 is 0 Å². The molecule has 6 heteroatoms. The van der Waals surface area contributed by atoms with Gasteiger partial charge >= 0.3 is 0 Å². The average molecular weight is 358 g/mol. The van der Waals surface area contributed by atoms with Gasteiger partial charge in [0.05, 0.1) is 10.9 Å². The van der Waals surface area contributed by atoms with Crippen molar-refractivity contribution in [1.29, 1.82) is 0 Å². The lowest BCUT2D eigenvalue weighted by Crippen LogP contribution is -2.27. The van der Waals surface area contributed by atoms with Crippen LogP contribution in [0, 0.1) is 0 Å². The Balaban J connectivity index is 1.77. The first-order valence-electron chi connectivity index (χ1n) is 8.37. The number of sulfonamides is 1. The lowest BCUT2D eigenvalue weighted by Gasteiger charge is -2.16. The molecule has 0 saturated heterocycles. The van der Waals surface area contributed by atoms with Gasteiger partial charge in [-0.15, -0.1) is 0 Å². The monoisotopic (exact) mass is 358 g/mol. The van der Waals surface area contributed by atoms with Crippen LogP contribution < -0.4 is 10.0 Å². The van der Waals surface area contributed by atoms with E-state index in [2.05, 4.69) is 28.2 Å². The SMILES string of the molecule is CNS(=O)(=O)c1cccc(C(=O)N[C@H](C)c2ccc3c(c2)CCC3)c1. The number of carbonyl (C=O) groups is 1. The van der Waals surface area contributed by atoms with Gasteiger partial charge in [0.2, 0.25) is 10.0 Å². The van der Waals surface area contributed by atoms with Crippen LogP contribution in [0.3, 0.4) is 0 Å². The standard InChI is InChI=1S/C19H22N2O3S/c1-13(15-10-9-14-5-3-6-16(14)11-15)21-19(22)17-7-4-8-18(12-17)25(23,24)20-2/h4,7-13,20H,3,5-6H2,1-2H3,(H,21,22)/t13-/m1/s1. The highest BCUT2D eigenvalue weighted by Gasteiger charge is 2.17. The molecule has 25 heavy (non-hydrogen) atoms. The number of nitrogens with one attached hydrogen (secondary N) is 2. The fraction of sp³-hybridized carbons (Fsp3) is 0.316. The van der Waals surface area contributed by atoms with Crippen molar-refractivity contribution in [1.82, 2.24) is 10.0 Å². The van der Waals surface area contributed by atoms with Crippen molar-refractivity contribution in [3.63, 3.8) is 0 Å². The second-order valence-electron chi connectivity index (χ2n) is 6.31. The molecule has 0 saturated carbocycles. The minimum Gasteiger partial charge on any atom is -0.346 e. The molecule has 0 unspecified atom stereocenters. The molecule has 3 rings (SSSR count). The molecule has 1 aliphatic carbocycles. The molecule has 2 aromatic rings. The van der Waals surface area contributed by atoms with E-state index in [1.165, 1.54) is 36.7 Å². The van der Waals surface area contributed by atoms with Crippen LogP contribution >= 0.6 is 0 Å². The molecule has 0 radical (unpaired) electrons. The molecule has 0 spiro atoms. The minimum atomic E-state index is -3.57. The maximum Gasteiger partial charge on any atom is 0.251 e. The molecule has 0 bridgehead atoms. The van der Waals surface area contributed by atoms with Crippen LogP contribution in [0.15, 0.2) is 47.4 Å². The molecule has 5 nitrogen and oxygen atoms in total. The van der Waals surface area contributed by atoms with Crippen LogP contribution in [0.4, 0.5) is 0 Å². The summed E-state index contributed by atoms with van der Waals surface area (Å²) >= 11 is 0. The van der Waals surface area contributed by atoms with Crippen molar-refractivity contribution < 1.29 is 13.2 Å². The summed E-state index contributed by atoms with van der Waals surface area (Å²) in [5, 5.41) is 2.95. The first-order chi connectivity index (χ1) is 11.9. The van der Waals surface area contributed by atoms with E-state index in [9.17, 15) is 13.2 Å². The summed E-state index contributed by atoms with van der Waals surface area (Å²) < 4.78 is 26.0. The topological polar surface area (TPSA) is 75.3 Å². The Morgan fingerprint density at radius 2 is 1.84 bits per heavy atom. The zero-order valence-electron chi connectivity index (χ0n) is 14.4. The van der Waals surface area contributed by atoms with Crippen LogP contribution in [0.5, 0.6) is 0 Å². The molecule has 0 aromatic heterocycles. The predicted molar refractivity (Wildman–Crippen MR) is 97.0 cm³/mol. The molecule has 2 N–H and O–H groups in total. The van der Waals surface area contributed by atoms with Crippen LogP contribution in [-0.2, 0) is 22.9 Å². The lowest BCUT2D eigenvalue weighted by molar-refractivity contribution is 0.0939. The van der Waals surface area contributed by atoms with Crippen molar-refractivity contribution in [2.45, 2.75) is 37.1 Å². The van der Waals surface area contributed by atoms with E-state index in [-0.39, 0.29) is 16.8 Å². The summed E-state index contributed by atoms with van der Waals surface area (Å²) in [7, 11) is -2.23. The van der Waals surface area contributed by atoms with Crippen LogP contribution in [-0.4, -0.2) is 21.4 Å². The molecule has 0 heterocycles. The summed E-state index contributed by atoms with van der Waals surface area (Å²) in [5.74, 6) is -0.291. The van der Waals surface area contributed by atoms with Gasteiger partial charge in [-0.2, -0.15) is 0 Å². The van der Waals surface area contributed by atoms with E-state index in [0.29, 0.717) is 5.56 Å². The van der Waals surface area contributed by atoms with Gasteiger partial charge in [-0.05, 0) is 68.1 Å². The fourth-order valence-corrected chi connectivity index (χ4v) is 3.92. The van der Waals surface area contributed by atoms with Crippen molar-refractivity contribution >= 4 is 15.9 Å². The van der Waals surface area contributed by atoms with Gasteiger partial charge in [0.15, 0.2) is 0 Å². The average Bonchev–Trinajstić information content (AvgIpc) is 3.09. The van der Waals surface area contributed by atoms with E-state index in [4.69, 9.17) is 0 Å². The Morgan fingerprint density at radius 3 is 2.60 bits per heavy atom. The Kier molecular flexibility index (Phi) is 4.92. The third-order valence-corrected chi connectivity index (χ3v) is 6.06. The number of rotatable bonds is 5. The highest BCUT2D eigenvalue weighted by molar-refractivity contribution is 7.89. The number of amides is 1. The van der Waals surface area contributed by atoms with E-state index in [0.717, 1.165) is 18.4 Å². The smallest absolute Gasteiger partial charge is 0.251 e. The number of carbonyl (C=O) groups excluding carboxylic acids is 1. The number of benzene rings is 2. The van der Waals surface area contributed by atoms with Crippen LogP contribution in [0.25, 0.3) is 0 Å². The van der Waals surface area contributed by atoms with Crippen molar-refractivity contribution in [2.75, 3.05) is 7.05 Å². The van der Waals surface area contributed by atoms with E-state index < -0.39 is 10.0 Å². The highest BCUT2D eigenvalue weighted by atomic mass is 32.2. The first kappa shape index (κ1) is 17.6. The molecule has 1 atom stereocenters. The summed E-state index contributed by atoms with van der Waals surface area (Å²) in [6, 6.07) is 12.2. The van der Waals surface area contributed by atoms with E-state index in [1.54, 1.807) is 12.1 Å². The van der Waals surface area contributed by atoms with Crippen LogP contribution in [0.2, 0.25) is 0 Å². The summed E-state index contributed by atoms with van der Waals surface area (Å²) in [4.78, 5) is 12.6. The zero-order valence-corrected chi connectivity index (χ0v) is 15.2. The maximum atomic E-state index is 12.5. The quantitative estimate of drug-likeness (QED) is 0.863. The first-order valence-corrected chi connectivity index (χ1v) is 9.85. The largest absolute Gasteiger partial charge is 0.346 e. The summed E-state index contributed by atoms with van der Waals surface area (Å²) in [6.07, 6.45) is 3.41. The number of hydrogen-bond acceptors (Lipinski definition) is 3. The third-order valence-electron chi connectivity index (χ3n) is 4.65.